The lowest BCUT2D eigenvalue weighted by Crippen LogP contribution is -2.35. The molecule has 98 valence electrons. The maximum absolute atomic E-state index is 11.6. The summed E-state index contributed by atoms with van der Waals surface area (Å²) in [5.41, 5.74) is 4.96. The van der Waals surface area contributed by atoms with Crippen molar-refractivity contribution in [3.8, 4) is 0 Å². The van der Waals surface area contributed by atoms with E-state index in [1.807, 2.05) is 0 Å². The van der Waals surface area contributed by atoms with E-state index in [-0.39, 0.29) is 18.7 Å². The van der Waals surface area contributed by atoms with Gasteiger partial charge in [-0.3, -0.25) is 14.4 Å². The summed E-state index contributed by atoms with van der Waals surface area (Å²) in [5.74, 6) is -2.16. The van der Waals surface area contributed by atoms with Gasteiger partial charge in [-0.05, 0) is 6.92 Å². The fraction of sp³-hybridized carbons (Fsp3) is 0.444. The highest BCUT2D eigenvalue weighted by Crippen LogP contribution is 1.96. The summed E-state index contributed by atoms with van der Waals surface area (Å²) >= 11 is 0. The third kappa shape index (κ3) is 4.20. The van der Waals surface area contributed by atoms with E-state index in [1.54, 1.807) is 6.92 Å². The molecule has 9 nitrogen and oxygen atoms in total. The molecular formula is C9H13N5O4. The molecular weight excluding hydrogens is 242 g/mol. The minimum absolute atomic E-state index is 0.00893. The van der Waals surface area contributed by atoms with Gasteiger partial charge in [-0.15, -0.1) is 5.10 Å². The molecule has 0 aliphatic heterocycles. The van der Waals surface area contributed by atoms with Gasteiger partial charge in [0.15, 0.2) is 5.69 Å². The quantitative estimate of drug-likeness (QED) is 0.556. The number of aliphatic carboxylic acids is 1. The summed E-state index contributed by atoms with van der Waals surface area (Å²) < 4.78 is 1.02. The molecule has 0 aliphatic carbocycles. The number of nitrogens with zero attached hydrogens (tertiary/aromatic N) is 3. The van der Waals surface area contributed by atoms with Crippen LogP contribution in [0, 0.1) is 0 Å². The Morgan fingerprint density at radius 3 is 2.78 bits per heavy atom. The van der Waals surface area contributed by atoms with E-state index < -0.39 is 23.8 Å². The van der Waals surface area contributed by atoms with Crippen LogP contribution in [0.3, 0.4) is 0 Å². The third-order valence-electron chi connectivity index (χ3n) is 1.95. The largest absolute Gasteiger partial charge is 0.480 e. The standard InChI is InChI=1S/C9H13N5O4/c1-5(2-7(10)15)11-9(18)6-3-14(13-12-6)4-8(16)17/h3,5H,2,4H2,1H3,(H2,10,15)(H,11,18)(H,16,17). The zero-order valence-corrected chi connectivity index (χ0v) is 9.66. The molecule has 0 bridgehead atoms. The first kappa shape index (κ1) is 13.6. The van der Waals surface area contributed by atoms with Gasteiger partial charge in [0.25, 0.3) is 5.91 Å². The topological polar surface area (TPSA) is 140 Å². The average molecular weight is 255 g/mol. The van der Waals surface area contributed by atoms with Crippen molar-refractivity contribution in [3.63, 3.8) is 0 Å². The second-order valence-electron chi connectivity index (χ2n) is 3.74. The van der Waals surface area contributed by atoms with Gasteiger partial charge in [-0.25, -0.2) is 4.68 Å². The van der Waals surface area contributed by atoms with E-state index in [0.717, 1.165) is 4.68 Å². The van der Waals surface area contributed by atoms with Crippen molar-refractivity contribution in [2.75, 3.05) is 0 Å². The minimum atomic E-state index is -1.09. The fourth-order valence-electron chi connectivity index (χ4n) is 1.27. The lowest BCUT2D eigenvalue weighted by molar-refractivity contribution is -0.138. The Labute approximate surface area is 102 Å². The minimum Gasteiger partial charge on any atom is -0.480 e. The zero-order valence-electron chi connectivity index (χ0n) is 9.66. The molecule has 0 fully saturated rings. The number of nitrogens with two attached hydrogens (primary N) is 1. The maximum Gasteiger partial charge on any atom is 0.325 e. The van der Waals surface area contributed by atoms with Crippen LogP contribution in [0.25, 0.3) is 0 Å². The lowest BCUT2D eigenvalue weighted by Gasteiger charge is -2.09. The first-order valence-electron chi connectivity index (χ1n) is 5.09. The number of carboxylic acids is 1. The molecule has 1 heterocycles. The van der Waals surface area contributed by atoms with E-state index >= 15 is 0 Å². The van der Waals surface area contributed by atoms with Crippen molar-refractivity contribution in [3.05, 3.63) is 11.9 Å². The number of carbonyl (C=O) groups excluding carboxylic acids is 2. The zero-order chi connectivity index (χ0) is 13.7. The van der Waals surface area contributed by atoms with E-state index in [1.165, 1.54) is 6.20 Å². The Hall–Kier alpha value is -2.45. The molecule has 0 spiro atoms. The summed E-state index contributed by atoms with van der Waals surface area (Å²) in [5, 5.41) is 18.0. The van der Waals surface area contributed by atoms with E-state index in [0.29, 0.717) is 0 Å². The van der Waals surface area contributed by atoms with Crippen molar-refractivity contribution in [2.45, 2.75) is 25.9 Å². The van der Waals surface area contributed by atoms with Crippen molar-refractivity contribution in [1.82, 2.24) is 20.3 Å². The predicted molar refractivity (Wildman–Crippen MR) is 58.4 cm³/mol. The molecule has 9 heteroatoms. The number of carbonyl (C=O) groups is 3. The second kappa shape index (κ2) is 5.75. The van der Waals surface area contributed by atoms with Crippen molar-refractivity contribution in [2.24, 2.45) is 5.73 Å². The smallest absolute Gasteiger partial charge is 0.325 e. The number of aromatic nitrogens is 3. The monoisotopic (exact) mass is 255 g/mol. The van der Waals surface area contributed by atoms with Gasteiger partial charge in [0.05, 0.1) is 6.20 Å². The molecule has 0 aromatic carbocycles. The first-order valence-corrected chi connectivity index (χ1v) is 5.09. The summed E-state index contributed by atoms with van der Waals surface area (Å²) in [6.45, 7) is 1.24. The molecule has 18 heavy (non-hydrogen) atoms. The van der Waals surface area contributed by atoms with Crippen LogP contribution in [0.2, 0.25) is 0 Å². The SMILES string of the molecule is CC(CC(N)=O)NC(=O)c1cn(CC(=O)O)nn1. The first-order chi connectivity index (χ1) is 8.38. The highest BCUT2D eigenvalue weighted by molar-refractivity contribution is 5.92. The van der Waals surface area contributed by atoms with Gasteiger partial charge >= 0.3 is 5.97 Å². The van der Waals surface area contributed by atoms with Crippen LogP contribution >= 0.6 is 0 Å². The molecule has 0 saturated heterocycles. The van der Waals surface area contributed by atoms with E-state index in [9.17, 15) is 14.4 Å². The normalized spacial score (nSPS) is 11.8. The molecule has 0 radical (unpaired) electrons. The summed E-state index contributed by atoms with van der Waals surface area (Å²) in [4.78, 5) is 32.6. The maximum atomic E-state index is 11.6. The van der Waals surface area contributed by atoms with Gasteiger partial charge in [0, 0.05) is 12.5 Å². The predicted octanol–water partition coefficient (Wildman–Crippen LogP) is -1.64. The summed E-state index contributed by atoms with van der Waals surface area (Å²) in [6.07, 6.45) is 1.22. The second-order valence-corrected chi connectivity index (χ2v) is 3.74. The Bertz CT molecular complexity index is 469. The molecule has 1 rings (SSSR count). The number of primary amides is 1. The van der Waals surface area contributed by atoms with Gasteiger partial charge in [-0.2, -0.15) is 0 Å². The van der Waals surface area contributed by atoms with Gasteiger partial charge in [-0.1, -0.05) is 5.21 Å². The molecule has 1 aromatic heterocycles. The summed E-state index contributed by atoms with van der Waals surface area (Å²) in [7, 11) is 0. The van der Waals surface area contributed by atoms with Crippen LogP contribution < -0.4 is 11.1 Å². The highest BCUT2D eigenvalue weighted by Gasteiger charge is 2.15. The van der Waals surface area contributed by atoms with Crippen LogP contribution in [0.4, 0.5) is 0 Å². The molecule has 1 atom stereocenters. The van der Waals surface area contributed by atoms with E-state index in [4.69, 9.17) is 10.8 Å². The van der Waals surface area contributed by atoms with Crippen LogP contribution in [0.15, 0.2) is 6.20 Å². The number of hydrogen-bond donors (Lipinski definition) is 3. The number of amides is 2. The average Bonchev–Trinajstić information content (AvgIpc) is 2.63. The number of hydrogen-bond acceptors (Lipinski definition) is 5. The molecule has 0 aliphatic rings. The van der Waals surface area contributed by atoms with Crippen LogP contribution in [-0.4, -0.2) is 43.9 Å². The molecule has 4 N–H and O–H groups in total. The van der Waals surface area contributed by atoms with Crippen LogP contribution in [0.1, 0.15) is 23.8 Å². The van der Waals surface area contributed by atoms with Crippen molar-refractivity contribution in [1.29, 1.82) is 0 Å². The fourth-order valence-corrected chi connectivity index (χ4v) is 1.27. The molecule has 2 amide bonds. The van der Waals surface area contributed by atoms with Gasteiger partial charge in [0.2, 0.25) is 5.91 Å². The lowest BCUT2D eigenvalue weighted by atomic mass is 10.2. The third-order valence-corrected chi connectivity index (χ3v) is 1.95. The van der Waals surface area contributed by atoms with E-state index in [2.05, 4.69) is 15.6 Å². The molecule has 1 aromatic rings. The Balaban J connectivity index is 2.59. The molecule has 0 saturated carbocycles. The number of nitrogens with one attached hydrogen (secondary N) is 1. The Morgan fingerprint density at radius 1 is 1.56 bits per heavy atom. The summed E-state index contributed by atoms with van der Waals surface area (Å²) in [6, 6.07) is -0.431. The number of carboxylic acid groups (broad SMARTS) is 1. The van der Waals surface area contributed by atoms with Gasteiger partial charge < -0.3 is 16.2 Å². The van der Waals surface area contributed by atoms with Crippen molar-refractivity contribution < 1.29 is 19.5 Å². The van der Waals surface area contributed by atoms with Crippen LogP contribution in [-0.2, 0) is 16.1 Å². The number of rotatable bonds is 6. The highest BCUT2D eigenvalue weighted by atomic mass is 16.4. The molecule has 1 unspecified atom stereocenters. The Kier molecular flexibility index (Phi) is 4.35. The van der Waals surface area contributed by atoms with Crippen molar-refractivity contribution >= 4 is 17.8 Å². The van der Waals surface area contributed by atoms with Gasteiger partial charge in [0.1, 0.15) is 6.54 Å². The Morgan fingerprint density at radius 2 is 2.22 bits per heavy atom. The van der Waals surface area contributed by atoms with Crippen LogP contribution in [0.5, 0.6) is 0 Å².